The van der Waals surface area contributed by atoms with E-state index in [1.165, 1.54) is 6.07 Å². The summed E-state index contributed by atoms with van der Waals surface area (Å²) in [5.74, 6) is 0.803. The molecule has 1 fully saturated rings. The lowest BCUT2D eigenvalue weighted by atomic mass is 9.73. The Morgan fingerprint density at radius 2 is 2.30 bits per heavy atom. The lowest BCUT2D eigenvalue weighted by Crippen LogP contribution is -2.49. The van der Waals surface area contributed by atoms with Crippen molar-refractivity contribution in [3.63, 3.8) is 0 Å². The number of halogens is 1. The van der Waals surface area contributed by atoms with Crippen molar-refractivity contribution in [3.05, 3.63) is 35.6 Å². The summed E-state index contributed by atoms with van der Waals surface area (Å²) in [5, 5.41) is 10.4. The van der Waals surface area contributed by atoms with Crippen LogP contribution in [0.3, 0.4) is 0 Å². The Hall–Kier alpha value is -0.910. The SMILES string of the molecule is CC1=NC2(c3ccccc3F)CC(CO)OCC2CS1. The highest BCUT2D eigenvalue weighted by Crippen LogP contribution is 2.47. The topological polar surface area (TPSA) is 41.8 Å². The second-order valence-electron chi connectivity index (χ2n) is 5.38. The number of aliphatic imine (C=N–C) groups is 1. The summed E-state index contributed by atoms with van der Waals surface area (Å²) in [7, 11) is 0. The predicted molar refractivity (Wildman–Crippen MR) is 78.6 cm³/mol. The average Bonchev–Trinajstić information content (AvgIpc) is 2.46. The Morgan fingerprint density at radius 1 is 1.50 bits per heavy atom. The number of hydrogen-bond acceptors (Lipinski definition) is 4. The smallest absolute Gasteiger partial charge is 0.128 e. The standard InChI is InChI=1S/C15H18FNO2S/c1-10-17-15(13-4-2-3-5-14(13)16)6-12(7-18)19-8-11(15)9-20-10/h2-5,11-12,18H,6-9H2,1H3. The molecule has 2 aliphatic rings. The van der Waals surface area contributed by atoms with E-state index in [9.17, 15) is 9.50 Å². The van der Waals surface area contributed by atoms with Crippen molar-refractivity contribution in [2.75, 3.05) is 19.0 Å². The van der Waals surface area contributed by atoms with Gasteiger partial charge in [0.1, 0.15) is 5.82 Å². The molecule has 2 heterocycles. The lowest BCUT2D eigenvalue weighted by molar-refractivity contribution is -0.0743. The van der Waals surface area contributed by atoms with Crippen LogP contribution in [-0.2, 0) is 10.3 Å². The van der Waals surface area contributed by atoms with Gasteiger partial charge in [-0.15, -0.1) is 11.8 Å². The van der Waals surface area contributed by atoms with Gasteiger partial charge in [-0.3, -0.25) is 4.99 Å². The Kier molecular flexibility index (Phi) is 3.84. The second kappa shape index (κ2) is 5.47. The molecule has 3 nitrogen and oxygen atoms in total. The molecule has 1 N–H and O–H groups in total. The van der Waals surface area contributed by atoms with Crippen molar-refractivity contribution in [1.29, 1.82) is 0 Å². The van der Waals surface area contributed by atoms with Crippen LogP contribution in [0.15, 0.2) is 29.3 Å². The van der Waals surface area contributed by atoms with Crippen LogP contribution in [0, 0.1) is 11.7 Å². The van der Waals surface area contributed by atoms with E-state index < -0.39 is 5.54 Å². The number of hydrogen-bond donors (Lipinski definition) is 1. The Balaban J connectivity index is 2.11. The van der Waals surface area contributed by atoms with Gasteiger partial charge in [-0.2, -0.15) is 0 Å². The van der Waals surface area contributed by atoms with Gasteiger partial charge in [0.05, 0.1) is 29.9 Å². The number of rotatable bonds is 2. The minimum absolute atomic E-state index is 0.0510. The van der Waals surface area contributed by atoms with Crippen LogP contribution in [0.4, 0.5) is 4.39 Å². The summed E-state index contributed by atoms with van der Waals surface area (Å²) < 4.78 is 20.0. The van der Waals surface area contributed by atoms with Gasteiger partial charge in [-0.25, -0.2) is 4.39 Å². The van der Waals surface area contributed by atoms with Gasteiger partial charge < -0.3 is 9.84 Å². The molecular weight excluding hydrogens is 277 g/mol. The Labute approximate surface area is 122 Å². The van der Waals surface area contributed by atoms with Crippen LogP contribution in [-0.4, -0.2) is 35.2 Å². The van der Waals surface area contributed by atoms with E-state index in [0.717, 1.165) is 10.8 Å². The molecule has 0 aliphatic carbocycles. The van der Waals surface area contributed by atoms with Crippen LogP contribution < -0.4 is 0 Å². The minimum atomic E-state index is -0.591. The number of fused-ring (bicyclic) bond motifs is 1. The van der Waals surface area contributed by atoms with Crippen LogP contribution in [0.2, 0.25) is 0 Å². The fraction of sp³-hybridized carbons (Fsp3) is 0.533. The van der Waals surface area contributed by atoms with Gasteiger partial charge in [0, 0.05) is 23.7 Å². The van der Waals surface area contributed by atoms with Crippen molar-refractivity contribution < 1.29 is 14.2 Å². The van der Waals surface area contributed by atoms with Crippen LogP contribution >= 0.6 is 11.8 Å². The number of benzene rings is 1. The first-order valence-electron chi connectivity index (χ1n) is 6.82. The zero-order valence-electron chi connectivity index (χ0n) is 11.4. The molecule has 1 aromatic carbocycles. The van der Waals surface area contributed by atoms with E-state index in [1.54, 1.807) is 17.8 Å². The molecule has 20 heavy (non-hydrogen) atoms. The summed E-state index contributed by atoms with van der Waals surface area (Å²) >= 11 is 1.70. The zero-order chi connectivity index (χ0) is 14.2. The quantitative estimate of drug-likeness (QED) is 0.912. The fourth-order valence-corrected chi connectivity index (χ4v) is 4.18. The molecule has 3 unspecified atom stereocenters. The highest BCUT2D eigenvalue weighted by molar-refractivity contribution is 8.13. The molecule has 0 spiro atoms. The van der Waals surface area contributed by atoms with E-state index in [4.69, 9.17) is 9.73 Å². The van der Waals surface area contributed by atoms with E-state index in [-0.39, 0.29) is 24.4 Å². The highest BCUT2D eigenvalue weighted by Gasteiger charge is 2.49. The Bertz CT molecular complexity index is 536. The number of nitrogens with zero attached hydrogens (tertiary/aromatic N) is 1. The van der Waals surface area contributed by atoms with Crippen LogP contribution in [0.1, 0.15) is 18.9 Å². The third kappa shape index (κ3) is 2.28. The lowest BCUT2D eigenvalue weighted by Gasteiger charge is -2.46. The molecule has 0 radical (unpaired) electrons. The largest absolute Gasteiger partial charge is 0.394 e. The number of ether oxygens (including phenoxy) is 1. The summed E-state index contributed by atoms with van der Waals surface area (Å²) in [6.07, 6.45) is 0.262. The van der Waals surface area contributed by atoms with Gasteiger partial charge in [-0.1, -0.05) is 18.2 Å². The molecule has 5 heteroatoms. The molecule has 108 valence electrons. The molecule has 0 aromatic heterocycles. The summed E-state index contributed by atoms with van der Waals surface area (Å²) in [6.45, 7) is 2.43. The first kappa shape index (κ1) is 14.0. The van der Waals surface area contributed by atoms with Gasteiger partial charge in [0.15, 0.2) is 0 Å². The Morgan fingerprint density at radius 3 is 3.05 bits per heavy atom. The van der Waals surface area contributed by atoms with Crippen LogP contribution in [0.25, 0.3) is 0 Å². The maximum atomic E-state index is 14.3. The van der Waals surface area contributed by atoms with Crippen molar-refractivity contribution in [1.82, 2.24) is 0 Å². The average molecular weight is 295 g/mol. The van der Waals surface area contributed by atoms with E-state index in [1.807, 2.05) is 19.1 Å². The molecule has 0 amide bonds. The first-order valence-corrected chi connectivity index (χ1v) is 7.81. The highest BCUT2D eigenvalue weighted by atomic mass is 32.2. The molecule has 1 aromatic rings. The summed E-state index contributed by atoms with van der Waals surface area (Å²) in [5.41, 5.74) is 0.0400. The van der Waals surface area contributed by atoms with Crippen molar-refractivity contribution in [3.8, 4) is 0 Å². The zero-order valence-corrected chi connectivity index (χ0v) is 12.2. The van der Waals surface area contributed by atoms with E-state index >= 15 is 0 Å². The first-order chi connectivity index (χ1) is 9.65. The van der Waals surface area contributed by atoms with Crippen molar-refractivity contribution in [2.24, 2.45) is 10.9 Å². The monoisotopic (exact) mass is 295 g/mol. The van der Waals surface area contributed by atoms with E-state index in [0.29, 0.717) is 18.6 Å². The molecule has 3 rings (SSSR count). The third-order valence-corrected chi connectivity index (χ3v) is 5.22. The maximum Gasteiger partial charge on any atom is 0.128 e. The predicted octanol–water partition coefficient (Wildman–Crippen LogP) is 2.58. The molecule has 3 atom stereocenters. The normalized spacial score (nSPS) is 33.5. The minimum Gasteiger partial charge on any atom is -0.394 e. The number of aliphatic hydroxyl groups excluding tert-OH is 1. The molecule has 0 saturated carbocycles. The van der Waals surface area contributed by atoms with Crippen LogP contribution in [0.5, 0.6) is 0 Å². The summed E-state index contributed by atoms with van der Waals surface area (Å²) in [6, 6.07) is 6.84. The van der Waals surface area contributed by atoms with Gasteiger partial charge >= 0.3 is 0 Å². The molecule has 2 aliphatic heterocycles. The van der Waals surface area contributed by atoms with Gasteiger partial charge in [0.2, 0.25) is 0 Å². The van der Waals surface area contributed by atoms with E-state index in [2.05, 4.69) is 0 Å². The van der Waals surface area contributed by atoms with Crippen molar-refractivity contribution >= 4 is 16.8 Å². The van der Waals surface area contributed by atoms with Gasteiger partial charge in [0.25, 0.3) is 0 Å². The molecule has 1 saturated heterocycles. The maximum absolute atomic E-state index is 14.3. The van der Waals surface area contributed by atoms with Gasteiger partial charge in [-0.05, 0) is 13.0 Å². The second-order valence-corrected chi connectivity index (χ2v) is 6.60. The van der Waals surface area contributed by atoms with Crippen molar-refractivity contribution in [2.45, 2.75) is 25.0 Å². The summed E-state index contributed by atoms with van der Waals surface area (Å²) in [4.78, 5) is 4.81. The third-order valence-electron chi connectivity index (χ3n) is 4.14. The number of aliphatic hydroxyl groups is 1. The molecular formula is C15H18FNO2S. The fourth-order valence-electron chi connectivity index (χ4n) is 3.14. The molecule has 0 bridgehead atoms. The number of thioether (sulfide) groups is 1.